The van der Waals surface area contributed by atoms with E-state index in [0.717, 1.165) is 12.5 Å². The third-order valence-corrected chi connectivity index (χ3v) is 3.90. The molecule has 0 radical (unpaired) electrons. The van der Waals surface area contributed by atoms with Crippen LogP contribution in [0.15, 0.2) is 16.6 Å². The number of halogens is 3. The zero-order valence-corrected chi connectivity index (χ0v) is 11.5. The van der Waals surface area contributed by atoms with Crippen LogP contribution in [0.1, 0.15) is 25.3 Å². The van der Waals surface area contributed by atoms with Crippen LogP contribution in [0.5, 0.6) is 0 Å². The molecule has 1 aliphatic rings. The molecule has 98 valence electrons. The van der Waals surface area contributed by atoms with Crippen molar-refractivity contribution in [2.45, 2.75) is 31.8 Å². The van der Waals surface area contributed by atoms with Crippen LogP contribution >= 0.6 is 15.9 Å². The maximum atomic E-state index is 13.8. The third kappa shape index (κ3) is 2.47. The van der Waals surface area contributed by atoms with E-state index in [1.807, 2.05) is 0 Å². The molecule has 0 saturated carbocycles. The van der Waals surface area contributed by atoms with E-state index in [9.17, 15) is 13.6 Å². The van der Waals surface area contributed by atoms with E-state index in [1.54, 1.807) is 6.92 Å². The Bertz CT molecular complexity index is 482. The maximum absolute atomic E-state index is 13.8. The minimum atomic E-state index is -0.902. The molecule has 1 heterocycles. The van der Waals surface area contributed by atoms with Crippen molar-refractivity contribution in [2.75, 3.05) is 6.61 Å². The van der Waals surface area contributed by atoms with Gasteiger partial charge >= 0.3 is 0 Å². The van der Waals surface area contributed by atoms with Crippen molar-refractivity contribution in [3.63, 3.8) is 0 Å². The summed E-state index contributed by atoms with van der Waals surface area (Å²) >= 11 is 2.98. The first-order chi connectivity index (χ1) is 8.44. The smallest absolute Gasteiger partial charge is 0.168 e. The molecule has 1 atom stereocenters. The molecule has 0 spiro atoms. The summed E-state index contributed by atoms with van der Waals surface area (Å²) in [5.41, 5.74) is -1.10. The Morgan fingerprint density at radius 2 is 2.22 bits per heavy atom. The monoisotopic (exact) mass is 318 g/mol. The molecule has 2 nitrogen and oxygen atoms in total. The summed E-state index contributed by atoms with van der Waals surface area (Å²) in [7, 11) is 0. The molecule has 1 aliphatic heterocycles. The Kier molecular flexibility index (Phi) is 3.82. The summed E-state index contributed by atoms with van der Waals surface area (Å²) < 4.78 is 32.8. The van der Waals surface area contributed by atoms with Gasteiger partial charge in [0.05, 0.1) is 4.47 Å². The molecule has 1 unspecified atom stereocenters. The van der Waals surface area contributed by atoms with Crippen molar-refractivity contribution >= 4 is 21.7 Å². The van der Waals surface area contributed by atoms with Crippen molar-refractivity contribution in [1.29, 1.82) is 0 Å². The van der Waals surface area contributed by atoms with Gasteiger partial charge < -0.3 is 4.74 Å². The van der Waals surface area contributed by atoms with E-state index in [1.165, 1.54) is 6.07 Å². The zero-order valence-electron chi connectivity index (χ0n) is 9.93. The number of rotatable bonds is 3. The number of carbonyl (C=O) groups excluding carboxylic acids is 1. The molecule has 0 bridgehead atoms. The first-order valence-electron chi connectivity index (χ1n) is 5.74. The quantitative estimate of drug-likeness (QED) is 0.798. The van der Waals surface area contributed by atoms with Gasteiger partial charge in [-0.2, -0.15) is 0 Å². The third-order valence-electron chi connectivity index (χ3n) is 3.28. The van der Waals surface area contributed by atoms with Gasteiger partial charge in [0.25, 0.3) is 0 Å². The fourth-order valence-electron chi connectivity index (χ4n) is 2.08. The van der Waals surface area contributed by atoms with E-state index in [4.69, 9.17) is 4.74 Å². The Hall–Kier alpha value is -0.810. The molecule has 0 N–H and O–H groups in total. The fraction of sp³-hybridized carbons (Fsp3) is 0.462. The average Bonchev–Trinajstić information content (AvgIpc) is 2.78. The molecule has 2 rings (SSSR count). The molecule has 1 fully saturated rings. The molecule has 1 saturated heterocycles. The second-order valence-electron chi connectivity index (χ2n) is 4.60. The van der Waals surface area contributed by atoms with E-state index < -0.39 is 17.2 Å². The van der Waals surface area contributed by atoms with Crippen molar-refractivity contribution in [2.24, 2.45) is 0 Å². The lowest BCUT2D eigenvalue weighted by Gasteiger charge is -2.21. The highest BCUT2D eigenvalue weighted by Gasteiger charge is 2.37. The Labute approximate surface area is 112 Å². The molecule has 18 heavy (non-hydrogen) atoms. The van der Waals surface area contributed by atoms with E-state index >= 15 is 0 Å². The van der Waals surface area contributed by atoms with Crippen LogP contribution in [0.2, 0.25) is 0 Å². The van der Waals surface area contributed by atoms with Gasteiger partial charge in [-0.3, -0.25) is 4.79 Å². The van der Waals surface area contributed by atoms with Crippen molar-refractivity contribution < 1.29 is 18.3 Å². The maximum Gasteiger partial charge on any atom is 0.168 e. The predicted molar refractivity (Wildman–Crippen MR) is 66.4 cm³/mol. The predicted octanol–water partition coefficient (Wildman–Crippen LogP) is 3.41. The molecule has 0 amide bonds. The molecule has 5 heteroatoms. The van der Waals surface area contributed by atoms with Crippen LogP contribution in [-0.2, 0) is 16.0 Å². The number of carbonyl (C=O) groups is 1. The summed E-state index contributed by atoms with van der Waals surface area (Å²) in [5, 5.41) is 0. The highest BCUT2D eigenvalue weighted by atomic mass is 79.9. The lowest BCUT2D eigenvalue weighted by atomic mass is 9.92. The van der Waals surface area contributed by atoms with Crippen molar-refractivity contribution in [3.8, 4) is 0 Å². The summed E-state index contributed by atoms with van der Waals surface area (Å²) in [6.07, 6.45) is 1.11. The van der Waals surface area contributed by atoms with Gasteiger partial charge in [-0.15, -0.1) is 0 Å². The molecule has 1 aromatic carbocycles. The number of ether oxygens (including phenoxy) is 1. The standard InChI is InChI=1S/C13H13BrF2O2/c1-13(5-2-6-18-13)11(17)7-8-10(15)4-3-9(14)12(8)16/h3-4H,2,5-7H2,1H3. The molecule has 0 aromatic heterocycles. The lowest BCUT2D eigenvalue weighted by Crippen LogP contribution is -2.36. The van der Waals surface area contributed by atoms with Gasteiger partial charge in [0.2, 0.25) is 0 Å². The Morgan fingerprint density at radius 1 is 1.50 bits per heavy atom. The van der Waals surface area contributed by atoms with Gasteiger partial charge in [-0.05, 0) is 47.8 Å². The van der Waals surface area contributed by atoms with Crippen LogP contribution in [0.25, 0.3) is 0 Å². The van der Waals surface area contributed by atoms with Gasteiger partial charge in [-0.1, -0.05) is 0 Å². The van der Waals surface area contributed by atoms with Gasteiger partial charge in [-0.25, -0.2) is 8.78 Å². The Morgan fingerprint density at radius 3 is 2.83 bits per heavy atom. The Balaban J connectivity index is 2.24. The number of hydrogen-bond acceptors (Lipinski definition) is 2. The van der Waals surface area contributed by atoms with E-state index in [0.29, 0.717) is 13.0 Å². The number of benzene rings is 1. The molecular weight excluding hydrogens is 306 g/mol. The summed E-state index contributed by atoms with van der Waals surface area (Å²) in [5.74, 6) is -1.70. The van der Waals surface area contributed by atoms with Crippen LogP contribution in [0, 0.1) is 11.6 Å². The highest BCUT2D eigenvalue weighted by Crippen LogP contribution is 2.29. The van der Waals surface area contributed by atoms with E-state index in [-0.39, 0.29) is 22.2 Å². The zero-order chi connectivity index (χ0) is 13.3. The minimum Gasteiger partial charge on any atom is -0.367 e. The van der Waals surface area contributed by atoms with Gasteiger partial charge in [0, 0.05) is 18.6 Å². The highest BCUT2D eigenvalue weighted by molar-refractivity contribution is 9.10. The average molecular weight is 319 g/mol. The molecule has 1 aromatic rings. The number of ketones is 1. The normalized spacial score (nSPS) is 23.3. The van der Waals surface area contributed by atoms with Crippen LogP contribution in [0.4, 0.5) is 8.78 Å². The topological polar surface area (TPSA) is 26.3 Å². The van der Waals surface area contributed by atoms with Gasteiger partial charge in [0.15, 0.2) is 5.78 Å². The summed E-state index contributed by atoms with van der Waals surface area (Å²) in [6, 6.07) is 2.43. The lowest BCUT2D eigenvalue weighted by molar-refractivity contribution is -0.136. The van der Waals surface area contributed by atoms with Crippen LogP contribution in [-0.4, -0.2) is 18.0 Å². The summed E-state index contributed by atoms with van der Waals surface area (Å²) in [6.45, 7) is 2.20. The largest absolute Gasteiger partial charge is 0.367 e. The minimum absolute atomic E-state index is 0.157. The van der Waals surface area contributed by atoms with Crippen molar-refractivity contribution in [3.05, 3.63) is 33.8 Å². The molecular formula is C13H13BrF2O2. The number of Topliss-reactive ketones (excluding diaryl/α,β-unsaturated/α-hetero) is 1. The van der Waals surface area contributed by atoms with Crippen LogP contribution < -0.4 is 0 Å². The van der Waals surface area contributed by atoms with E-state index in [2.05, 4.69) is 15.9 Å². The van der Waals surface area contributed by atoms with Crippen LogP contribution in [0.3, 0.4) is 0 Å². The second kappa shape index (κ2) is 5.05. The van der Waals surface area contributed by atoms with Gasteiger partial charge in [0.1, 0.15) is 17.2 Å². The van der Waals surface area contributed by atoms with Crippen molar-refractivity contribution in [1.82, 2.24) is 0 Å². The summed E-state index contributed by atoms with van der Waals surface area (Å²) in [4.78, 5) is 12.1. The molecule has 0 aliphatic carbocycles. The SMILES string of the molecule is CC1(C(=O)Cc2c(F)ccc(Br)c2F)CCCO1. The first-order valence-corrected chi connectivity index (χ1v) is 6.53. The second-order valence-corrected chi connectivity index (χ2v) is 5.46. The number of hydrogen-bond donors (Lipinski definition) is 0. The fourth-order valence-corrected chi connectivity index (χ4v) is 2.45. The first kappa shape index (κ1) is 13.6.